The topological polar surface area (TPSA) is 41.6 Å². The first-order valence-electron chi connectivity index (χ1n) is 6.04. The highest BCUT2D eigenvalue weighted by molar-refractivity contribution is 5.80. The number of halogens is 3. The Kier molecular flexibility index (Phi) is 5.24. The Morgan fingerprint density at radius 2 is 2.05 bits per heavy atom. The molecule has 0 spiro atoms. The molecule has 112 valence electrons. The minimum absolute atomic E-state index is 0.00412. The normalized spacial score (nSPS) is 11.3. The Balaban J connectivity index is 2.61. The van der Waals surface area contributed by atoms with E-state index in [0.29, 0.717) is 5.69 Å². The molecule has 20 heavy (non-hydrogen) atoms. The van der Waals surface area contributed by atoms with Gasteiger partial charge >= 0.3 is 6.36 Å². The Morgan fingerprint density at radius 3 is 2.60 bits per heavy atom. The second-order valence-corrected chi connectivity index (χ2v) is 4.53. The van der Waals surface area contributed by atoms with Crippen LogP contribution >= 0.6 is 0 Å². The maximum atomic E-state index is 12.1. The largest absolute Gasteiger partial charge is 0.573 e. The fourth-order valence-electron chi connectivity index (χ4n) is 1.39. The zero-order valence-corrected chi connectivity index (χ0v) is 11.5. The highest BCUT2D eigenvalue weighted by Gasteiger charge is 2.31. The molecule has 7 heteroatoms. The van der Waals surface area contributed by atoms with Crippen LogP contribution in [0.25, 0.3) is 0 Å². The Hall–Kier alpha value is -1.92. The van der Waals surface area contributed by atoms with Crippen molar-refractivity contribution in [2.24, 2.45) is 0 Å². The fraction of sp³-hybridized carbons (Fsp3) is 0.462. The summed E-state index contributed by atoms with van der Waals surface area (Å²) in [7, 11) is 1.66. The lowest BCUT2D eigenvalue weighted by Gasteiger charge is -2.21. The first kappa shape index (κ1) is 16.1. The van der Waals surface area contributed by atoms with Crippen LogP contribution in [0.4, 0.5) is 18.9 Å². The maximum Gasteiger partial charge on any atom is 0.573 e. The van der Waals surface area contributed by atoms with E-state index in [1.165, 1.54) is 18.2 Å². The van der Waals surface area contributed by atoms with Gasteiger partial charge in [-0.05, 0) is 26.0 Å². The summed E-state index contributed by atoms with van der Waals surface area (Å²) in [5.41, 5.74) is 0.386. The van der Waals surface area contributed by atoms with Crippen molar-refractivity contribution in [1.29, 1.82) is 0 Å². The lowest BCUT2D eigenvalue weighted by Crippen LogP contribution is -2.37. The smallest absolute Gasteiger partial charge is 0.406 e. The number of anilines is 1. The number of hydrogen-bond donors (Lipinski definition) is 1. The summed E-state index contributed by atoms with van der Waals surface area (Å²) < 4.78 is 40.0. The second-order valence-electron chi connectivity index (χ2n) is 4.53. The average molecular weight is 290 g/mol. The predicted octanol–water partition coefficient (Wildman–Crippen LogP) is 2.86. The van der Waals surface area contributed by atoms with Crippen LogP contribution in [0.5, 0.6) is 5.75 Å². The number of hydrogen-bond acceptors (Lipinski definition) is 3. The summed E-state index contributed by atoms with van der Waals surface area (Å²) in [4.78, 5) is 13.3. The molecule has 0 unspecified atom stereocenters. The molecule has 0 bridgehead atoms. The van der Waals surface area contributed by atoms with E-state index in [0.717, 1.165) is 0 Å². The molecule has 0 saturated heterocycles. The van der Waals surface area contributed by atoms with Crippen LogP contribution < -0.4 is 10.1 Å². The third-order valence-electron chi connectivity index (χ3n) is 2.68. The van der Waals surface area contributed by atoms with E-state index >= 15 is 0 Å². The summed E-state index contributed by atoms with van der Waals surface area (Å²) in [5, 5.41) is 2.77. The van der Waals surface area contributed by atoms with E-state index in [9.17, 15) is 18.0 Å². The summed E-state index contributed by atoms with van der Waals surface area (Å²) >= 11 is 0. The molecule has 1 rings (SSSR count). The van der Waals surface area contributed by atoms with E-state index < -0.39 is 6.36 Å². The van der Waals surface area contributed by atoms with Crippen molar-refractivity contribution in [3.05, 3.63) is 24.3 Å². The quantitative estimate of drug-likeness (QED) is 0.906. The summed E-state index contributed by atoms with van der Waals surface area (Å²) in [5.74, 6) is -0.477. The van der Waals surface area contributed by atoms with Gasteiger partial charge in [-0.1, -0.05) is 6.07 Å². The van der Waals surface area contributed by atoms with Crippen molar-refractivity contribution in [3.63, 3.8) is 0 Å². The van der Waals surface area contributed by atoms with E-state index in [4.69, 9.17) is 0 Å². The molecule has 1 aromatic carbocycles. The number of benzene rings is 1. The lowest BCUT2D eigenvalue weighted by atomic mass is 10.3. The molecular formula is C13H17F3N2O2. The van der Waals surface area contributed by atoms with Crippen LogP contribution in [0.2, 0.25) is 0 Å². The minimum Gasteiger partial charge on any atom is -0.406 e. The third kappa shape index (κ3) is 5.38. The van der Waals surface area contributed by atoms with Crippen molar-refractivity contribution >= 4 is 11.6 Å². The molecular weight excluding hydrogens is 273 g/mol. The van der Waals surface area contributed by atoms with Gasteiger partial charge in [-0.25, -0.2) is 0 Å². The third-order valence-corrected chi connectivity index (χ3v) is 2.68. The SMILES string of the molecule is CC(C)N(C)C(=O)CNc1cccc(OC(F)(F)F)c1. The van der Waals surface area contributed by atoms with Gasteiger partial charge < -0.3 is 15.0 Å². The highest BCUT2D eigenvalue weighted by atomic mass is 19.4. The predicted molar refractivity (Wildman–Crippen MR) is 69.5 cm³/mol. The van der Waals surface area contributed by atoms with E-state index in [1.807, 2.05) is 13.8 Å². The van der Waals surface area contributed by atoms with Crippen molar-refractivity contribution in [2.75, 3.05) is 18.9 Å². The Morgan fingerprint density at radius 1 is 1.40 bits per heavy atom. The maximum absolute atomic E-state index is 12.1. The van der Waals surface area contributed by atoms with Gasteiger partial charge in [0.25, 0.3) is 0 Å². The molecule has 0 aliphatic carbocycles. The van der Waals surface area contributed by atoms with Crippen LogP contribution in [0.15, 0.2) is 24.3 Å². The molecule has 0 fully saturated rings. The average Bonchev–Trinajstić information content (AvgIpc) is 2.33. The zero-order valence-electron chi connectivity index (χ0n) is 11.5. The highest BCUT2D eigenvalue weighted by Crippen LogP contribution is 2.24. The number of ether oxygens (including phenoxy) is 1. The zero-order chi connectivity index (χ0) is 15.3. The lowest BCUT2D eigenvalue weighted by molar-refractivity contribution is -0.274. The van der Waals surface area contributed by atoms with Crippen molar-refractivity contribution in [2.45, 2.75) is 26.3 Å². The number of likely N-dealkylation sites (N-methyl/N-ethyl adjacent to an activating group) is 1. The summed E-state index contributed by atoms with van der Waals surface area (Å²) in [6.07, 6.45) is -4.73. The molecule has 4 nitrogen and oxygen atoms in total. The number of carbonyl (C=O) groups excluding carboxylic acids is 1. The van der Waals surface area contributed by atoms with Gasteiger partial charge in [0.1, 0.15) is 5.75 Å². The molecule has 1 aromatic rings. The van der Waals surface area contributed by atoms with E-state index in [2.05, 4.69) is 10.1 Å². The van der Waals surface area contributed by atoms with Crippen molar-refractivity contribution in [1.82, 2.24) is 4.90 Å². The van der Waals surface area contributed by atoms with Gasteiger partial charge in [0.05, 0.1) is 6.54 Å². The van der Waals surface area contributed by atoms with Gasteiger partial charge in [0.2, 0.25) is 5.91 Å². The molecule has 1 amide bonds. The number of nitrogens with one attached hydrogen (secondary N) is 1. The van der Waals surface area contributed by atoms with Crippen LogP contribution in [-0.4, -0.2) is 36.8 Å². The molecule has 0 aliphatic rings. The van der Waals surface area contributed by atoms with Crippen molar-refractivity contribution in [3.8, 4) is 5.75 Å². The molecule has 1 N–H and O–H groups in total. The Bertz CT molecular complexity index is 461. The van der Waals surface area contributed by atoms with Gasteiger partial charge in [-0.2, -0.15) is 0 Å². The summed E-state index contributed by atoms with van der Waals surface area (Å²) in [6.45, 7) is 3.75. The Labute approximate surface area is 115 Å². The van der Waals surface area contributed by atoms with E-state index in [-0.39, 0.29) is 24.2 Å². The van der Waals surface area contributed by atoms with Gasteiger partial charge in [-0.3, -0.25) is 4.79 Å². The number of amides is 1. The molecule has 0 aliphatic heterocycles. The van der Waals surface area contributed by atoms with E-state index in [1.54, 1.807) is 18.0 Å². The van der Waals surface area contributed by atoms with Crippen LogP contribution in [0, 0.1) is 0 Å². The fourth-order valence-corrected chi connectivity index (χ4v) is 1.39. The monoisotopic (exact) mass is 290 g/mol. The second kappa shape index (κ2) is 6.49. The van der Waals surface area contributed by atoms with Crippen LogP contribution in [0.1, 0.15) is 13.8 Å². The first-order valence-corrected chi connectivity index (χ1v) is 6.04. The minimum atomic E-state index is -4.73. The number of nitrogens with zero attached hydrogens (tertiary/aromatic N) is 1. The number of alkyl halides is 3. The summed E-state index contributed by atoms with van der Waals surface area (Å²) in [6, 6.07) is 5.42. The molecule has 0 heterocycles. The van der Waals surface area contributed by atoms with Gasteiger partial charge in [0.15, 0.2) is 0 Å². The van der Waals surface area contributed by atoms with Gasteiger partial charge in [-0.15, -0.1) is 13.2 Å². The number of carbonyl (C=O) groups is 1. The molecule has 0 radical (unpaired) electrons. The molecule has 0 atom stereocenters. The van der Waals surface area contributed by atoms with Crippen molar-refractivity contribution < 1.29 is 22.7 Å². The van der Waals surface area contributed by atoms with Crippen LogP contribution in [0.3, 0.4) is 0 Å². The number of rotatable bonds is 5. The standard InChI is InChI=1S/C13H17F3N2O2/c1-9(2)18(3)12(19)8-17-10-5-4-6-11(7-10)20-13(14,15)16/h4-7,9,17H,8H2,1-3H3. The van der Waals surface area contributed by atoms with Gasteiger partial charge in [0, 0.05) is 24.8 Å². The molecule has 0 aromatic heterocycles. The first-order chi connectivity index (χ1) is 9.19. The van der Waals surface area contributed by atoms with Crippen LogP contribution in [-0.2, 0) is 4.79 Å². The molecule has 0 saturated carbocycles.